The summed E-state index contributed by atoms with van der Waals surface area (Å²) < 4.78 is 7.77. The van der Waals surface area contributed by atoms with Gasteiger partial charge in [-0.1, -0.05) is 0 Å². The van der Waals surface area contributed by atoms with Gasteiger partial charge in [0.1, 0.15) is 11.9 Å². The molecule has 0 bridgehead atoms. The van der Waals surface area contributed by atoms with E-state index in [1.807, 2.05) is 37.6 Å². The molecule has 2 aromatic heterocycles. The van der Waals surface area contributed by atoms with Crippen molar-refractivity contribution in [1.82, 2.24) is 19.7 Å². The average molecular weight is 329 g/mol. The smallest absolute Gasteiger partial charge is 0.322 e. The Morgan fingerprint density at radius 1 is 1.46 bits per heavy atom. The molecule has 0 aliphatic carbocycles. The Morgan fingerprint density at radius 2 is 2.29 bits per heavy atom. The largest absolute Gasteiger partial charge is 0.487 e. The zero-order valence-electron chi connectivity index (χ0n) is 14.3. The number of pyridine rings is 1. The van der Waals surface area contributed by atoms with Gasteiger partial charge in [0, 0.05) is 25.7 Å². The summed E-state index contributed by atoms with van der Waals surface area (Å²) in [6, 6.07) is 3.61. The summed E-state index contributed by atoms with van der Waals surface area (Å²) in [7, 11) is 0. The van der Waals surface area contributed by atoms with Crippen molar-refractivity contribution in [3.8, 4) is 5.75 Å². The number of aromatic nitrogens is 3. The Morgan fingerprint density at radius 3 is 2.96 bits per heavy atom. The molecular formula is C17H23N5O2. The summed E-state index contributed by atoms with van der Waals surface area (Å²) in [4.78, 5) is 18.3. The van der Waals surface area contributed by atoms with Gasteiger partial charge < -0.3 is 15.0 Å². The molecule has 128 valence electrons. The number of hydrogen-bond donors (Lipinski definition) is 1. The molecule has 0 saturated carbocycles. The van der Waals surface area contributed by atoms with E-state index in [-0.39, 0.29) is 12.1 Å². The van der Waals surface area contributed by atoms with Crippen molar-refractivity contribution >= 4 is 11.7 Å². The van der Waals surface area contributed by atoms with E-state index >= 15 is 0 Å². The zero-order chi connectivity index (χ0) is 17.1. The summed E-state index contributed by atoms with van der Waals surface area (Å²) >= 11 is 0. The van der Waals surface area contributed by atoms with E-state index in [9.17, 15) is 4.79 Å². The number of carbonyl (C=O) groups excluding carboxylic acids is 1. The lowest BCUT2D eigenvalue weighted by Gasteiger charge is -2.18. The predicted octanol–water partition coefficient (Wildman–Crippen LogP) is 2.60. The van der Waals surface area contributed by atoms with Crippen molar-refractivity contribution in [2.75, 3.05) is 18.4 Å². The molecule has 1 fully saturated rings. The second kappa shape index (κ2) is 6.90. The van der Waals surface area contributed by atoms with Crippen molar-refractivity contribution < 1.29 is 9.53 Å². The first kappa shape index (κ1) is 16.3. The van der Waals surface area contributed by atoms with E-state index in [0.717, 1.165) is 35.8 Å². The lowest BCUT2D eigenvalue weighted by molar-refractivity contribution is 0.194. The summed E-state index contributed by atoms with van der Waals surface area (Å²) in [5.41, 5.74) is 2.62. The number of amides is 2. The monoisotopic (exact) mass is 329 g/mol. The van der Waals surface area contributed by atoms with E-state index in [2.05, 4.69) is 15.4 Å². The molecule has 2 aromatic rings. The molecule has 3 heterocycles. The summed E-state index contributed by atoms with van der Waals surface area (Å²) in [5, 5.41) is 7.43. The molecule has 7 heteroatoms. The van der Waals surface area contributed by atoms with E-state index < -0.39 is 0 Å². The second-order valence-corrected chi connectivity index (χ2v) is 5.96. The van der Waals surface area contributed by atoms with Gasteiger partial charge >= 0.3 is 6.03 Å². The number of rotatable bonds is 4. The molecule has 7 nitrogen and oxygen atoms in total. The molecule has 0 aromatic carbocycles. The van der Waals surface area contributed by atoms with Crippen molar-refractivity contribution in [2.24, 2.45) is 0 Å². The molecule has 0 spiro atoms. The van der Waals surface area contributed by atoms with Crippen LogP contribution in [0, 0.1) is 13.8 Å². The third kappa shape index (κ3) is 3.34. The number of nitrogens with one attached hydrogen (secondary N) is 1. The Bertz CT molecular complexity index is 713. The third-order valence-corrected chi connectivity index (χ3v) is 4.28. The number of anilines is 1. The predicted molar refractivity (Wildman–Crippen MR) is 91.2 cm³/mol. The van der Waals surface area contributed by atoms with Crippen molar-refractivity contribution in [3.05, 3.63) is 35.9 Å². The van der Waals surface area contributed by atoms with E-state index in [0.29, 0.717) is 13.1 Å². The van der Waals surface area contributed by atoms with E-state index in [1.165, 1.54) is 0 Å². The van der Waals surface area contributed by atoms with E-state index in [1.54, 1.807) is 17.3 Å². The first-order chi connectivity index (χ1) is 11.6. The standard InChI is InChI=1S/C17H23N5O2/c1-4-22-13(3)16(12(2)20-22)19-17(23)21-9-7-15(11-21)24-14-6-5-8-18-10-14/h5-6,8,10,15H,4,7,9,11H2,1-3H3,(H,19,23). The second-order valence-electron chi connectivity index (χ2n) is 5.96. The number of nitrogens with zero attached hydrogens (tertiary/aromatic N) is 4. The number of ether oxygens (including phenoxy) is 1. The van der Waals surface area contributed by atoms with Gasteiger partial charge in [-0.05, 0) is 32.9 Å². The van der Waals surface area contributed by atoms with E-state index in [4.69, 9.17) is 4.74 Å². The summed E-state index contributed by atoms with van der Waals surface area (Å²) in [6.45, 7) is 7.95. The Hall–Kier alpha value is -2.57. The first-order valence-corrected chi connectivity index (χ1v) is 8.25. The van der Waals surface area contributed by atoms with Crippen LogP contribution in [0.2, 0.25) is 0 Å². The Balaban J connectivity index is 1.60. The van der Waals surface area contributed by atoms with Crippen LogP contribution in [0.4, 0.5) is 10.5 Å². The van der Waals surface area contributed by atoms with Gasteiger partial charge in [0.15, 0.2) is 0 Å². The fraction of sp³-hybridized carbons (Fsp3) is 0.471. The maximum Gasteiger partial charge on any atom is 0.322 e. The molecule has 0 radical (unpaired) electrons. The van der Waals surface area contributed by atoms with Crippen LogP contribution in [0.15, 0.2) is 24.5 Å². The number of aryl methyl sites for hydroxylation is 2. The molecule has 3 rings (SSSR count). The maximum absolute atomic E-state index is 12.5. The fourth-order valence-electron chi connectivity index (χ4n) is 2.99. The molecule has 2 amide bonds. The third-order valence-electron chi connectivity index (χ3n) is 4.28. The summed E-state index contributed by atoms with van der Waals surface area (Å²) in [6.07, 6.45) is 4.21. The topological polar surface area (TPSA) is 72.3 Å². The Labute approximate surface area is 141 Å². The molecule has 1 aliphatic heterocycles. The van der Waals surface area contributed by atoms with Crippen molar-refractivity contribution in [3.63, 3.8) is 0 Å². The van der Waals surface area contributed by atoms with Crippen LogP contribution in [0.25, 0.3) is 0 Å². The zero-order valence-corrected chi connectivity index (χ0v) is 14.3. The van der Waals surface area contributed by atoms with Gasteiger partial charge in [0.25, 0.3) is 0 Å². The van der Waals surface area contributed by atoms with Gasteiger partial charge in [-0.25, -0.2) is 4.79 Å². The lowest BCUT2D eigenvalue weighted by atomic mass is 10.3. The Kier molecular flexibility index (Phi) is 4.69. The van der Waals surface area contributed by atoms with Crippen LogP contribution in [0.3, 0.4) is 0 Å². The van der Waals surface area contributed by atoms with Crippen molar-refractivity contribution in [2.45, 2.75) is 39.8 Å². The number of carbonyl (C=O) groups is 1. The SMILES string of the molecule is CCn1nc(C)c(NC(=O)N2CCC(Oc3cccnc3)C2)c1C. The van der Waals surface area contributed by atoms with Crippen LogP contribution in [-0.2, 0) is 6.54 Å². The molecule has 1 unspecified atom stereocenters. The van der Waals surface area contributed by atoms with Crippen LogP contribution in [-0.4, -0.2) is 44.9 Å². The van der Waals surface area contributed by atoms with Gasteiger partial charge in [0.2, 0.25) is 0 Å². The quantitative estimate of drug-likeness (QED) is 0.936. The minimum absolute atomic E-state index is 0.000471. The number of urea groups is 1. The van der Waals surface area contributed by atoms with Gasteiger partial charge in [0.05, 0.1) is 29.8 Å². The lowest BCUT2D eigenvalue weighted by Crippen LogP contribution is -2.34. The highest BCUT2D eigenvalue weighted by Crippen LogP contribution is 2.22. The van der Waals surface area contributed by atoms with Crippen LogP contribution in [0.5, 0.6) is 5.75 Å². The molecule has 1 atom stereocenters. The average Bonchev–Trinajstić information content (AvgIpc) is 3.15. The molecule has 24 heavy (non-hydrogen) atoms. The highest BCUT2D eigenvalue weighted by atomic mass is 16.5. The number of hydrogen-bond acceptors (Lipinski definition) is 4. The molecular weight excluding hydrogens is 306 g/mol. The molecule has 1 N–H and O–H groups in total. The fourth-order valence-corrected chi connectivity index (χ4v) is 2.99. The normalized spacial score (nSPS) is 17.1. The number of likely N-dealkylation sites (tertiary alicyclic amines) is 1. The van der Waals surface area contributed by atoms with Gasteiger partial charge in [-0.15, -0.1) is 0 Å². The summed E-state index contributed by atoms with van der Waals surface area (Å²) in [5.74, 6) is 0.737. The van der Waals surface area contributed by atoms with Crippen LogP contribution >= 0.6 is 0 Å². The highest BCUT2D eigenvalue weighted by Gasteiger charge is 2.28. The molecule has 1 saturated heterocycles. The highest BCUT2D eigenvalue weighted by molar-refractivity contribution is 5.90. The maximum atomic E-state index is 12.5. The van der Waals surface area contributed by atoms with Gasteiger partial charge in [-0.3, -0.25) is 9.67 Å². The van der Waals surface area contributed by atoms with Gasteiger partial charge in [-0.2, -0.15) is 5.10 Å². The minimum atomic E-state index is -0.103. The first-order valence-electron chi connectivity index (χ1n) is 8.25. The minimum Gasteiger partial charge on any atom is -0.487 e. The van der Waals surface area contributed by atoms with Crippen LogP contribution < -0.4 is 10.1 Å². The molecule has 1 aliphatic rings. The van der Waals surface area contributed by atoms with Crippen molar-refractivity contribution in [1.29, 1.82) is 0 Å². The van der Waals surface area contributed by atoms with Crippen LogP contribution in [0.1, 0.15) is 24.7 Å².